The molecule has 66 heavy (non-hydrogen) atoms. The smallest absolute Gasteiger partial charge is 0.252 e. The number of rotatable bonds is 4. The average molecular weight is 859 g/mol. The van der Waals surface area contributed by atoms with Crippen LogP contribution in [0.5, 0.6) is 0 Å². The first-order valence-electron chi connectivity index (χ1n) is 24.3. The number of fused-ring (bicyclic) bond motifs is 6. The van der Waals surface area contributed by atoms with Crippen LogP contribution in [-0.2, 0) is 21.7 Å². The molecule has 0 atom stereocenters. The highest BCUT2D eigenvalue weighted by molar-refractivity contribution is 7.00. The molecule has 0 radical (unpaired) electrons. The van der Waals surface area contributed by atoms with Gasteiger partial charge in [0.05, 0.1) is 0 Å². The van der Waals surface area contributed by atoms with E-state index in [2.05, 4.69) is 244 Å². The minimum atomic E-state index is -0.101. The highest BCUT2D eigenvalue weighted by Crippen LogP contribution is 2.55. The Morgan fingerprint density at radius 3 is 1.48 bits per heavy atom. The Bertz CT molecular complexity index is 3140. The molecule has 0 N–H and O–H groups in total. The molecule has 0 spiro atoms. The van der Waals surface area contributed by atoms with Crippen LogP contribution in [0.25, 0.3) is 22.3 Å². The lowest BCUT2D eigenvalue weighted by Gasteiger charge is -2.45. The highest BCUT2D eigenvalue weighted by atomic mass is 15.2. The fourth-order valence-electron chi connectivity index (χ4n) is 11.5. The van der Waals surface area contributed by atoms with Crippen LogP contribution in [-0.4, -0.2) is 6.71 Å². The summed E-state index contributed by atoms with van der Waals surface area (Å²) < 4.78 is 0. The van der Waals surface area contributed by atoms with E-state index in [0.717, 1.165) is 12.8 Å². The summed E-state index contributed by atoms with van der Waals surface area (Å²) in [5.41, 5.74) is 26.4. The van der Waals surface area contributed by atoms with Gasteiger partial charge in [-0.25, -0.2) is 0 Å². The predicted octanol–water partition coefficient (Wildman–Crippen LogP) is 15.3. The molecule has 11 rings (SSSR count). The fourth-order valence-corrected chi connectivity index (χ4v) is 11.5. The van der Waals surface area contributed by atoms with E-state index >= 15 is 0 Å². The molecule has 2 aliphatic carbocycles. The number of allylic oxidation sites excluding steroid dienone is 4. The molecule has 3 heteroatoms. The van der Waals surface area contributed by atoms with Crippen molar-refractivity contribution in [3.63, 3.8) is 0 Å². The summed E-state index contributed by atoms with van der Waals surface area (Å²) >= 11 is 0. The van der Waals surface area contributed by atoms with Crippen molar-refractivity contribution in [2.75, 3.05) is 9.80 Å². The Hall–Kier alpha value is -6.32. The van der Waals surface area contributed by atoms with Gasteiger partial charge in [-0.2, -0.15) is 0 Å². The molecule has 7 aromatic rings. The van der Waals surface area contributed by atoms with Crippen LogP contribution < -0.4 is 26.2 Å². The van der Waals surface area contributed by atoms with Gasteiger partial charge in [0.25, 0.3) is 6.71 Å². The third-order valence-electron chi connectivity index (χ3n) is 15.3. The van der Waals surface area contributed by atoms with Crippen molar-refractivity contribution in [2.24, 2.45) is 0 Å². The second kappa shape index (κ2) is 14.8. The first-order chi connectivity index (χ1) is 31.4. The summed E-state index contributed by atoms with van der Waals surface area (Å²) in [5.74, 6) is 0. The van der Waals surface area contributed by atoms with Gasteiger partial charge in [-0.05, 0) is 150 Å². The molecular formula is C63H63BN2. The number of anilines is 6. The van der Waals surface area contributed by atoms with E-state index in [1.807, 2.05) is 0 Å². The average Bonchev–Trinajstić information content (AvgIpc) is 3.54. The minimum Gasteiger partial charge on any atom is -0.311 e. The topological polar surface area (TPSA) is 6.48 Å². The second-order valence-corrected chi connectivity index (χ2v) is 23.0. The quantitative estimate of drug-likeness (QED) is 0.163. The molecule has 2 aliphatic heterocycles. The molecule has 0 saturated heterocycles. The van der Waals surface area contributed by atoms with Crippen LogP contribution in [0.3, 0.4) is 0 Å². The third-order valence-corrected chi connectivity index (χ3v) is 15.3. The van der Waals surface area contributed by atoms with Crippen LogP contribution >= 0.6 is 0 Å². The van der Waals surface area contributed by atoms with Crippen molar-refractivity contribution >= 4 is 68.4 Å². The van der Waals surface area contributed by atoms with E-state index < -0.39 is 0 Å². The summed E-state index contributed by atoms with van der Waals surface area (Å²) in [4.78, 5) is 5.17. The van der Waals surface area contributed by atoms with E-state index in [0.29, 0.717) is 0 Å². The highest BCUT2D eigenvalue weighted by Gasteiger charge is 2.45. The van der Waals surface area contributed by atoms with Gasteiger partial charge in [0.2, 0.25) is 0 Å². The predicted molar refractivity (Wildman–Crippen MR) is 286 cm³/mol. The second-order valence-electron chi connectivity index (χ2n) is 23.0. The Morgan fingerprint density at radius 2 is 0.955 bits per heavy atom. The zero-order valence-corrected chi connectivity index (χ0v) is 40.9. The van der Waals surface area contributed by atoms with Crippen LogP contribution in [0.2, 0.25) is 0 Å². The van der Waals surface area contributed by atoms with E-state index in [1.165, 1.54) is 106 Å². The standard InChI is InChI=1S/C63H63BN2/c1-60(2,3)43-28-34-54-52(36-43)64-53-37-44(61(4,5)6)29-35-55(53)66(47-32-26-42(27-33-47)48-21-17-23-51-58(48)49-20-15-16-22-50(49)63(51,10)11)57-39-45(62(7,8)9)38-56(59(57)64)65(54)46-30-24-41(25-31-46)40-18-13-12-14-19-40/h12-16,18-22,24-39H,17,23H2,1-11H3. The van der Waals surface area contributed by atoms with Crippen molar-refractivity contribution in [1.82, 2.24) is 0 Å². The molecule has 0 aromatic heterocycles. The summed E-state index contributed by atoms with van der Waals surface area (Å²) in [7, 11) is 0. The Kier molecular flexibility index (Phi) is 9.52. The lowest BCUT2D eigenvalue weighted by molar-refractivity contribution is 0.590. The van der Waals surface area contributed by atoms with Gasteiger partial charge in [0.15, 0.2) is 0 Å². The van der Waals surface area contributed by atoms with Gasteiger partial charge >= 0.3 is 0 Å². The Labute approximate surface area is 394 Å². The van der Waals surface area contributed by atoms with Crippen molar-refractivity contribution in [2.45, 2.75) is 111 Å². The third kappa shape index (κ3) is 6.67. The summed E-state index contributed by atoms with van der Waals surface area (Å²) in [6.45, 7) is 26.0. The molecule has 0 bridgehead atoms. The maximum Gasteiger partial charge on any atom is 0.252 e. The fraction of sp³-hybridized carbons (Fsp3) is 0.270. The molecule has 0 saturated carbocycles. The molecule has 0 amide bonds. The number of nitrogens with zero attached hydrogens (tertiary/aromatic N) is 2. The van der Waals surface area contributed by atoms with Gasteiger partial charge in [0, 0.05) is 39.5 Å². The monoisotopic (exact) mass is 859 g/mol. The first-order valence-corrected chi connectivity index (χ1v) is 24.3. The maximum atomic E-state index is 2.60. The molecular weight excluding hydrogens is 796 g/mol. The van der Waals surface area contributed by atoms with Crippen LogP contribution in [0.15, 0.2) is 163 Å². The summed E-state index contributed by atoms with van der Waals surface area (Å²) in [6.07, 6.45) is 4.68. The SMILES string of the molecule is CC(C)(C)c1ccc2c(c1)B1c3cc(C(C)(C)C)ccc3N(c3ccc(-c4ccccc4)cc3)c3cc(C(C)(C)C)cc(c31)N2c1ccc(C2=CCCC3=C2c2ccccc2C3(C)C)cc1. The van der Waals surface area contributed by atoms with E-state index in [9.17, 15) is 0 Å². The van der Waals surface area contributed by atoms with Crippen molar-refractivity contribution in [3.8, 4) is 11.1 Å². The molecule has 0 fully saturated rings. The van der Waals surface area contributed by atoms with Gasteiger partial charge in [-0.3, -0.25) is 0 Å². The Balaban J connectivity index is 1.14. The molecule has 2 nitrogen and oxygen atoms in total. The van der Waals surface area contributed by atoms with Gasteiger partial charge < -0.3 is 9.80 Å². The zero-order chi connectivity index (χ0) is 46.1. The Morgan fingerprint density at radius 1 is 0.470 bits per heavy atom. The molecule has 4 aliphatic rings. The summed E-state index contributed by atoms with van der Waals surface area (Å²) in [6, 6.07) is 58.4. The zero-order valence-electron chi connectivity index (χ0n) is 40.9. The van der Waals surface area contributed by atoms with E-state index in [-0.39, 0.29) is 28.4 Å². The summed E-state index contributed by atoms with van der Waals surface area (Å²) in [5, 5.41) is 0. The first kappa shape index (κ1) is 42.3. The molecule has 2 heterocycles. The van der Waals surface area contributed by atoms with Crippen molar-refractivity contribution < 1.29 is 0 Å². The largest absolute Gasteiger partial charge is 0.311 e. The van der Waals surface area contributed by atoms with Gasteiger partial charge in [0.1, 0.15) is 0 Å². The molecule has 0 unspecified atom stereocenters. The number of hydrogen-bond acceptors (Lipinski definition) is 2. The van der Waals surface area contributed by atoms with E-state index in [1.54, 1.807) is 5.57 Å². The van der Waals surface area contributed by atoms with Crippen molar-refractivity contribution in [3.05, 3.63) is 197 Å². The van der Waals surface area contributed by atoms with Gasteiger partial charge in [-0.1, -0.05) is 191 Å². The maximum absolute atomic E-state index is 2.60. The van der Waals surface area contributed by atoms with Gasteiger partial charge in [-0.15, -0.1) is 0 Å². The van der Waals surface area contributed by atoms with Crippen LogP contribution in [0, 0.1) is 0 Å². The lowest BCUT2D eigenvalue weighted by atomic mass is 9.33. The normalized spacial score (nSPS) is 16.0. The van der Waals surface area contributed by atoms with E-state index in [4.69, 9.17) is 0 Å². The lowest BCUT2D eigenvalue weighted by Crippen LogP contribution is -2.61. The van der Waals surface area contributed by atoms with Crippen LogP contribution in [0.4, 0.5) is 34.1 Å². The van der Waals surface area contributed by atoms with Crippen LogP contribution in [0.1, 0.15) is 122 Å². The molecule has 7 aromatic carbocycles. The number of benzene rings is 7. The number of hydrogen-bond donors (Lipinski definition) is 0. The minimum absolute atomic E-state index is 0.0180. The van der Waals surface area contributed by atoms with Crippen molar-refractivity contribution in [1.29, 1.82) is 0 Å². The molecule has 328 valence electrons.